The first-order chi connectivity index (χ1) is 7.47. The van der Waals surface area contributed by atoms with Gasteiger partial charge in [-0.25, -0.2) is 0 Å². The van der Waals surface area contributed by atoms with Gasteiger partial charge in [0.15, 0.2) is 17.5 Å². The van der Waals surface area contributed by atoms with Crippen molar-refractivity contribution in [2.24, 2.45) is 0 Å². The number of nitrogens with zero attached hydrogens (tertiary/aromatic N) is 2. The van der Waals surface area contributed by atoms with Crippen LogP contribution in [0.4, 0.5) is 11.4 Å². The van der Waals surface area contributed by atoms with E-state index in [2.05, 4.69) is 0 Å². The number of hydroxylamine groups is 1. The van der Waals surface area contributed by atoms with E-state index >= 15 is 0 Å². The van der Waals surface area contributed by atoms with Gasteiger partial charge in [-0.15, -0.1) is 0 Å². The van der Waals surface area contributed by atoms with Crippen LogP contribution in [0, 0.1) is 10.4 Å². The Kier molecular flexibility index (Phi) is 2.20. The van der Waals surface area contributed by atoms with E-state index in [1.807, 2.05) is 0 Å². The van der Waals surface area contributed by atoms with Crippen LogP contribution in [0.25, 0.3) is 0 Å². The molecule has 0 radical (unpaired) electrons. The van der Waals surface area contributed by atoms with Gasteiger partial charge < -0.3 is 15.5 Å². The normalized spacial score (nSPS) is 23.7. The van der Waals surface area contributed by atoms with Crippen LogP contribution in [0.15, 0.2) is 24.3 Å². The SMILES string of the molecule is CC(=O)C1(C)C=[N+]([O-])c2ccccc2N1[O-]. The molecule has 0 saturated heterocycles. The van der Waals surface area contributed by atoms with Crippen LogP contribution in [-0.2, 0) is 4.79 Å². The first kappa shape index (κ1) is 10.6. The van der Waals surface area contributed by atoms with Crippen LogP contribution in [0.5, 0.6) is 0 Å². The lowest BCUT2D eigenvalue weighted by Gasteiger charge is -2.44. The van der Waals surface area contributed by atoms with Crippen LogP contribution in [0.2, 0.25) is 0 Å². The number of para-hydroxylation sites is 2. The Morgan fingerprint density at radius 3 is 2.69 bits per heavy atom. The van der Waals surface area contributed by atoms with E-state index < -0.39 is 5.54 Å². The Hall–Kier alpha value is -1.88. The summed E-state index contributed by atoms with van der Waals surface area (Å²) in [6.45, 7) is 2.73. The summed E-state index contributed by atoms with van der Waals surface area (Å²) in [5, 5.41) is 24.3. The molecule has 0 bridgehead atoms. The molecule has 1 unspecified atom stereocenters. The zero-order chi connectivity index (χ0) is 11.9. The molecule has 84 valence electrons. The van der Waals surface area contributed by atoms with Crippen molar-refractivity contribution in [3.63, 3.8) is 0 Å². The molecular formula is C11H11N2O3-. The number of carbonyl (C=O) groups excluding carboxylic acids is 1. The van der Waals surface area contributed by atoms with E-state index in [0.29, 0.717) is 9.80 Å². The monoisotopic (exact) mass is 219 g/mol. The zero-order valence-electron chi connectivity index (χ0n) is 9.01. The second-order valence-electron chi connectivity index (χ2n) is 3.94. The van der Waals surface area contributed by atoms with E-state index in [4.69, 9.17) is 0 Å². The van der Waals surface area contributed by atoms with Gasteiger partial charge >= 0.3 is 0 Å². The Morgan fingerprint density at radius 2 is 2.06 bits per heavy atom. The van der Waals surface area contributed by atoms with Gasteiger partial charge in [-0.1, -0.05) is 12.1 Å². The van der Waals surface area contributed by atoms with Crippen molar-refractivity contribution in [2.75, 3.05) is 5.06 Å². The van der Waals surface area contributed by atoms with Crippen molar-refractivity contribution in [2.45, 2.75) is 19.4 Å². The van der Waals surface area contributed by atoms with Gasteiger partial charge in [-0.2, -0.15) is 4.74 Å². The smallest absolute Gasteiger partial charge is 0.239 e. The van der Waals surface area contributed by atoms with E-state index in [-0.39, 0.29) is 17.2 Å². The molecule has 1 aliphatic heterocycles. The number of ketones is 1. The number of fused-ring (bicyclic) bond motifs is 1. The van der Waals surface area contributed by atoms with Crippen molar-refractivity contribution >= 4 is 23.4 Å². The summed E-state index contributed by atoms with van der Waals surface area (Å²) in [5.41, 5.74) is -0.940. The molecule has 1 aliphatic rings. The molecule has 0 aromatic heterocycles. The molecule has 0 aliphatic carbocycles. The summed E-state index contributed by atoms with van der Waals surface area (Å²) >= 11 is 0. The second kappa shape index (κ2) is 3.31. The van der Waals surface area contributed by atoms with Crippen LogP contribution in [0.3, 0.4) is 0 Å². The Labute approximate surface area is 92.8 Å². The van der Waals surface area contributed by atoms with Gasteiger partial charge in [0.25, 0.3) is 0 Å². The molecule has 2 rings (SSSR count). The van der Waals surface area contributed by atoms with Crippen molar-refractivity contribution < 1.29 is 9.53 Å². The maximum Gasteiger partial charge on any atom is 0.239 e. The predicted octanol–water partition coefficient (Wildman–Crippen LogP) is 1.56. The Balaban J connectivity index is 2.64. The molecule has 1 atom stereocenters. The summed E-state index contributed by atoms with van der Waals surface area (Å²) in [6.07, 6.45) is 1.10. The van der Waals surface area contributed by atoms with Crippen molar-refractivity contribution in [3.8, 4) is 0 Å². The van der Waals surface area contributed by atoms with E-state index in [0.717, 1.165) is 6.21 Å². The Morgan fingerprint density at radius 1 is 1.44 bits per heavy atom. The zero-order valence-corrected chi connectivity index (χ0v) is 9.01. The maximum absolute atomic E-state index is 12.0. The quantitative estimate of drug-likeness (QED) is 0.531. The number of hydrogen-bond donors (Lipinski definition) is 0. The minimum absolute atomic E-state index is 0.220. The fourth-order valence-corrected chi connectivity index (χ4v) is 1.66. The largest absolute Gasteiger partial charge is 0.757 e. The minimum Gasteiger partial charge on any atom is -0.757 e. The molecule has 16 heavy (non-hydrogen) atoms. The van der Waals surface area contributed by atoms with Crippen LogP contribution in [-0.4, -0.2) is 22.3 Å². The number of anilines is 1. The number of Topliss-reactive ketones (excluding diaryl/α,β-unsaturated/α-hetero) is 1. The van der Waals surface area contributed by atoms with E-state index in [1.54, 1.807) is 18.2 Å². The molecule has 5 nitrogen and oxygen atoms in total. The molecule has 0 saturated carbocycles. The number of hydrogen-bond acceptors (Lipinski definition) is 4. The summed E-state index contributed by atoms with van der Waals surface area (Å²) < 4.78 is 0.575. The van der Waals surface area contributed by atoms with Gasteiger partial charge in [0.1, 0.15) is 5.69 Å². The van der Waals surface area contributed by atoms with E-state index in [1.165, 1.54) is 19.9 Å². The predicted molar refractivity (Wildman–Crippen MR) is 60.7 cm³/mol. The fourth-order valence-electron chi connectivity index (χ4n) is 1.66. The van der Waals surface area contributed by atoms with Crippen LogP contribution < -0.4 is 5.06 Å². The summed E-state index contributed by atoms with van der Waals surface area (Å²) in [6, 6.07) is 6.40. The highest BCUT2D eigenvalue weighted by molar-refractivity contribution is 6.06. The lowest BCUT2D eigenvalue weighted by Crippen LogP contribution is -2.53. The third kappa shape index (κ3) is 1.29. The van der Waals surface area contributed by atoms with Crippen LogP contribution in [0.1, 0.15) is 13.8 Å². The second-order valence-corrected chi connectivity index (χ2v) is 3.94. The highest BCUT2D eigenvalue weighted by Gasteiger charge is 2.39. The van der Waals surface area contributed by atoms with Gasteiger partial charge in [-0.3, -0.25) is 4.79 Å². The summed E-state index contributed by atoms with van der Waals surface area (Å²) in [4.78, 5) is 11.4. The lowest BCUT2D eigenvalue weighted by atomic mass is 9.96. The molecule has 0 N–H and O–H groups in total. The van der Waals surface area contributed by atoms with Crippen molar-refractivity contribution in [3.05, 3.63) is 34.7 Å². The summed E-state index contributed by atoms with van der Waals surface area (Å²) in [5.74, 6) is -0.363. The average Bonchev–Trinajstić information content (AvgIpc) is 2.26. The molecule has 0 fully saturated rings. The lowest BCUT2D eigenvalue weighted by molar-refractivity contribution is -0.359. The molecule has 0 spiro atoms. The van der Waals surface area contributed by atoms with E-state index in [9.17, 15) is 15.2 Å². The third-order valence-corrected chi connectivity index (χ3v) is 2.84. The fraction of sp³-hybridized carbons (Fsp3) is 0.273. The molecular weight excluding hydrogens is 208 g/mol. The molecule has 1 heterocycles. The molecule has 1 aromatic carbocycles. The van der Waals surface area contributed by atoms with Crippen LogP contribution >= 0.6 is 0 Å². The minimum atomic E-state index is -1.42. The number of rotatable bonds is 1. The highest BCUT2D eigenvalue weighted by atomic mass is 16.5. The van der Waals surface area contributed by atoms with Gasteiger partial charge in [0.05, 0.1) is 0 Å². The Bertz CT molecular complexity index is 484. The standard InChI is InChI=1S/C11H11N2O3/c1-8(14)11(2)7-12(15)9-5-3-4-6-10(9)13(11)16/h3-7H,1-2H3/q-1. The topological polar surface area (TPSA) is 69.4 Å². The highest BCUT2D eigenvalue weighted by Crippen LogP contribution is 2.35. The molecule has 0 amide bonds. The molecule has 1 aromatic rings. The van der Waals surface area contributed by atoms with Gasteiger partial charge in [0.2, 0.25) is 5.69 Å². The maximum atomic E-state index is 12.0. The average molecular weight is 219 g/mol. The first-order valence-electron chi connectivity index (χ1n) is 4.86. The molecule has 5 heteroatoms. The van der Waals surface area contributed by atoms with Crippen molar-refractivity contribution in [1.29, 1.82) is 0 Å². The van der Waals surface area contributed by atoms with Gasteiger partial charge in [-0.05, 0) is 19.9 Å². The third-order valence-electron chi connectivity index (χ3n) is 2.84. The number of benzene rings is 1. The first-order valence-corrected chi connectivity index (χ1v) is 4.86. The summed E-state index contributed by atoms with van der Waals surface area (Å²) in [7, 11) is 0. The van der Waals surface area contributed by atoms with Gasteiger partial charge in [0, 0.05) is 6.07 Å². The van der Waals surface area contributed by atoms with Crippen molar-refractivity contribution in [1.82, 2.24) is 0 Å². The number of carbonyl (C=O) groups is 1.